The minimum atomic E-state index is 0.192. The summed E-state index contributed by atoms with van der Waals surface area (Å²) in [5.74, 6) is 0. The molecule has 1 aromatic rings. The van der Waals surface area contributed by atoms with E-state index in [-0.39, 0.29) is 13.1 Å². The van der Waals surface area contributed by atoms with Gasteiger partial charge in [-0.15, -0.1) is 0 Å². The van der Waals surface area contributed by atoms with Crippen molar-refractivity contribution in [3.63, 3.8) is 0 Å². The van der Waals surface area contributed by atoms with E-state index in [1.165, 1.54) is 0 Å². The van der Waals surface area contributed by atoms with Gasteiger partial charge < -0.3 is 10.6 Å². The number of benzene rings is 1. The smallest absolute Gasteiger partial charge is 0.106 e. The highest BCUT2D eigenvalue weighted by molar-refractivity contribution is 5.64. The Bertz CT molecular complexity index is 409. The molecule has 2 N–H and O–H groups in total. The van der Waals surface area contributed by atoms with E-state index in [0.717, 1.165) is 11.3 Å². The van der Waals surface area contributed by atoms with Crippen molar-refractivity contribution in [1.29, 1.82) is 10.5 Å². The van der Waals surface area contributed by atoms with Crippen LogP contribution in [0.3, 0.4) is 0 Å². The fourth-order valence-corrected chi connectivity index (χ4v) is 1.38. The van der Waals surface area contributed by atoms with Gasteiger partial charge in [0.2, 0.25) is 0 Å². The van der Waals surface area contributed by atoms with E-state index in [9.17, 15) is 0 Å². The van der Waals surface area contributed by atoms with E-state index >= 15 is 0 Å². The van der Waals surface area contributed by atoms with E-state index in [0.29, 0.717) is 5.69 Å². The molecule has 0 unspecified atom stereocenters. The lowest BCUT2D eigenvalue weighted by Crippen LogP contribution is -2.24. The summed E-state index contributed by atoms with van der Waals surface area (Å²) in [6.45, 7) is 2.27. The Labute approximate surface area is 89.1 Å². The van der Waals surface area contributed by atoms with Crippen molar-refractivity contribution in [2.45, 2.75) is 6.92 Å². The van der Waals surface area contributed by atoms with E-state index in [1.54, 1.807) is 11.0 Å². The fraction of sp³-hybridized carbons (Fsp3) is 0.273. The summed E-state index contributed by atoms with van der Waals surface area (Å²) in [5, 5.41) is 17.3. The first-order valence-corrected chi connectivity index (χ1v) is 4.54. The fourth-order valence-electron chi connectivity index (χ4n) is 1.38. The van der Waals surface area contributed by atoms with Gasteiger partial charge in [-0.2, -0.15) is 10.5 Å². The monoisotopic (exact) mass is 200 g/mol. The molecule has 0 fully saturated rings. The van der Waals surface area contributed by atoms with Crippen molar-refractivity contribution in [3.05, 3.63) is 23.8 Å². The van der Waals surface area contributed by atoms with Crippen molar-refractivity contribution in [2.24, 2.45) is 0 Å². The molecule has 1 rings (SSSR count). The SMILES string of the molecule is Cc1c(N)cccc1N(CC#N)CC#N. The molecule has 15 heavy (non-hydrogen) atoms. The Hall–Kier alpha value is -2.20. The molecular weight excluding hydrogens is 188 g/mol. The van der Waals surface area contributed by atoms with Crippen LogP contribution < -0.4 is 10.6 Å². The van der Waals surface area contributed by atoms with Crippen LogP contribution in [0.1, 0.15) is 5.56 Å². The Balaban J connectivity index is 3.07. The summed E-state index contributed by atoms with van der Waals surface area (Å²) in [5.41, 5.74) is 8.18. The predicted molar refractivity (Wildman–Crippen MR) is 59.0 cm³/mol. The third-order valence-corrected chi connectivity index (χ3v) is 2.21. The molecule has 0 saturated carbocycles. The molecular formula is C11H12N4. The van der Waals surface area contributed by atoms with Gasteiger partial charge in [0.15, 0.2) is 0 Å². The maximum Gasteiger partial charge on any atom is 0.106 e. The second kappa shape index (κ2) is 4.88. The van der Waals surface area contributed by atoms with Gasteiger partial charge in [0.05, 0.1) is 12.1 Å². The maximum absolute atomic E-state index is 8.65. The number of rotatable bonds is 3. The molecule has 0 aliphatic heterocycles. The standard InChI is InChI=1S/C11H12N4/c1-9-10(14)3-2-4-11(9)15(7-5-12)8-6-13/h2-4H,7-8,14H2,1H3. The third kappa shape index (κ3) is 2.38. The van der Waals surface area contributed by atoms with Gasteiger partial charge in [0.25, 0.3) is 0 Å². The van der Waals surface area contributed by atoms with Gasteiger partial charge in [-0.05, 0) is 24.6 Å². The number of anilines is 2. The lowest BCUT2D eigenvalue weighted by Gasteiger charge is -2.21. The second-order valence-electron chi connectivity index (χ2n) is 3.16. The van der Waals surface area contributed by atoms with Crippen molar-refractivity contribution in [3.8, 4) is 12.1 Å². The number of hydrogen-bond acceptors (Lipinski definition) is 4. The van der Waals surface area contributed by atoms with Gasteiger partial charge in [0, 0.05) is 11.4 Å². The van der Waals surface area contributed by atoms with E-state index in [4.69, 9.17) is 16.3 Å². The van der Waals surface area contributed by atoms with Gasteiger partial charge >= 0.3 is 0 Å². The molecule has 1 aromatic carbocycles. The summed E-state index contributed by atoms with van der Waals surface area (Å²) in [4.78, 5) is 1.70. The van der Waals surface area contributed by atoms with Crippen molar-refractivity contribution in [2.75, 3.05) is 23.7 Å². The quantitative estimate of drug-likeness (QED) is 0.591. The lowest BCUT2D eigenvalue weighted by atomic mass is 10.1. The van der Waals surface area contributed by atoms with E-state index in [1.807, 2.05) is 31.2 Å². The van der Waals surface area contributed by atoms with Gasteiger partial charge in [-0.3, -0.25) is 0 Å². The van der Waals surface area contributed by atoms with Crippen molar-refractivity contribution in [1.82, 2.24) is 0 Å². The number of nitrogens with two attached hydrogens (primary N) is 1. The molecule has 0 radical (unpaired) electrons. The second-order valence-corrected chi connectivity index (χ2v) is 3.16. The van der Waals surface area contributed by atoms with Gasteiger partial charge in [-0.1, -0.05) is 6.07 Å². The Morgan fingerprint density at radius 1 is 1.27 bits per heavy atom. The first-order valence-electron chi connectivity index (χ1n) is 4.54. The van der Waals surface area contributed by atoms with Crippen molar-refractivity contribution >= 4 is 11.4 Å². The summed E-state index contributed by atoms with van der Waals surface area (Å²) in [6.07, 6.45) is 0. The predicted octanol–water partition coefficient (Wildman–Crippen LogP) is 1.43. The Morgan fingerprint density at radius 3 is 2.40 bits per heavy atom. The normalized spacial score (nSPS) is 9.00. The molecule has 0 aliphatic rings. The van der Waals surface area contributed by atoms with E-state index in [2.05, 4.69) is 0 Å². The third-order valence-electron chi connectivity index (χ3n) is 2.21. The summed E-state index contributed by atoms with van der Waals surface area (Å²) in [7, 11) is 0. The highest BCUT2D eigenvalue weighted by Gasteiger charge is 2.09. The lowest BCUT2D eigenvalue weighted by molar-refractivity contribution is 0.960. The molecule has 4 heteroatoms. The molecule has 0 saturated heterocycles. The number of nitrogens with zero attached hydrogens (tertiary/aromatic N) is 3. The molecule has 0 atom stereocenters. The minimum Gasteiger partial charge on any atom is -0.398 e. The summed E-state index contributed by atoms with van der Waals surface area (Å²) < 4.78 is 0. The van der Waals surface area contributed by atoms with Gasteiger partial charge in [-0.25, -0.2) is 0 Å². The van der Waals surface area contributed by atoms with Crippen LogP contribution in [0.15, 0.2) is 18.2 Å². The van der Waals surface area contributed by atoms with Crippen molar-refractivity contribution < 1.29 is 0 Å². The molecule has 0 spiro atoms. The van der Waals surface area contributed by atoms with Crippen LogP contribution in [0.2, 0.25) is 0 Å². The number of nitrogen functional groups attached to an aromatic ring is 1. The average molecular weight is 200 g/mol. The number of nitriles is 2. The van der Waals surface area contributed by atoms with Gasteiger partial charge in [0.1, 0.15) is 13.1 Å². The molecule has 76 valence electrons. The summed E-state index contributed by atoms with van der Waals surface area (Å²) in [6, 6.07) is 9.55. The van der Waals surface area contributed by atoms with Crippen LogP contribution in [0.25, 0.3) is 0 Å². The highest BCUT2D eigenvalue weighted by atomic mass is 15.1. The number of hydrogen-bond donors (Lipinski definition) is 1. The van der Waals surface area contributed by atoms with Crippen LogP contribution in [-0.4, -0.2) is 13.1 Å². The first-order chi connectivity index (χ1) is 7.20. The largest absolute Gasteiger partial charge is 0.398 e. The minimum absolute atomic E-state index is 0.192. The molecule has 0 heterocycles. The zero-order valence-corrected chi connectivity index (χ0v) is 8.57. The van der Waals surface area contributed by atoms with Crippen LogP contribution in [0.5, 0.6) is 0 Å². The molecule has 0 aromatic heterocycles. The topological polar surface area (TPSA) is 76.8 Å². The maximum atomic E-state index is 8.65. The van der Waals surface area contributed by atoms with Crippen LogP contribution >= 0.6 is 0 Å². The van der Waals surface area contributed by atoms with E-state index < -0.39 is 0 Å². The average Bonchev–Trinajstić information content (AvgIpc) is 2.22. The molecule has 0 bridgehead atoms. The highest BCUT2D eigenvalue weighted by Crippen LogP contribution is 2.24. The molecule has 0 amide bonds. The molecule has 0 aliphatic carbocycles. The van der Waals surface area contributed by atoms with Crippen LogP contribution in [-0.2, 0) is 0 Å². The Kier molecular flexibility index (Phi) is 3.54. The zero-order valence-electron chi connectivity index (χ0n) is 8.57. The van der Waals surface area contributed by atoms with Crippen LogP contribution in [0, 0.1) is 29.6 Å². The summed E-state index contributed by atoms with van der Waals surface area (Å²) >= 11 is 0. The van der Waals surface area contributed by atoms with Crippen LogP contribution in [0.4, 0.5) is 11.4 Å². The molecule has 4 nitrogen and oxygen atoms in total. The Morgan fingerprint density at radius 2 is 1.87 bits per heavy atom. The zero-order chi connectivity index (χ0) is 11.3. The first kappa shape index (κ1) is 10.9.